The minimum absolute atomic E-state index is 0.145. The Bertz CT molecular complexity index is 882. The number of thioether (sulfide) groups is 1. The lowest BCUT2D eigenvalue weighted by Crippen LogP contribution is -2.14. The van der Waals surface area contributed by atoms with Crippen LogP contribution >= 0.6 is 39.3 Å². The maximum Gasteiger partial charge on any atom is 0.234 e. The van der Waals surface area contributed by atoms with Crippen LogP contribution in [0.4, 0.5) is 5.69 Å². The highest BCUT2D eigenvalue weighted by atomic mass is 79.9. The van der Waals surface area contributed by atoms with Crippen LogP contribution in [0.1, 0.15) is 6.92 Å². The number of amides is 1. The molecule has 130 valence electrons. The van der Waals surface area contributed by atoms with Crippen LogP contribution in [0.2, 0.25) is 5.02 Å². The van der Waals surface area contributed by atoms with Gasteiger partial charge in [0.15, 0.2) is 16.7 Å². The number of carbonyl (C=O) groups excluding carboxylic acids is 1. The van der Waals surface area contributed by atoms with E-state index in [0.29, 0.717) is 34.0 Å². The number of hydrogen-bond acceptors (Lipinski definition) is 5. The molecule has 0 aliphatic heterocycles. The van der Waals surface area contributed by atoms with E-state index < -0.39 is 0 Å². The zero-order chi connectivity index (χ0) is 17.8. The summed E-state index contributed by atoms with van der Waals surface area (Å²) in [5, 5.41) is 12.3. The largest absolute Gasteiger partial charge is 0.461 e. The Balaban J connectivity index is 1.65. The highest BCUT2D eigenvalue weighted by molar-refractivity contribution is 9.10. The minimum atomic E-state index is -0.145. The number of furan rings is 1. The lowest BCUT2D eigenvalue weighted by Gasteiger charge is -2.07. The van der Waals surface area contributed by atoms with Crippen LogP contribution in [0.5, 0.6) is 0 Å². The third-order valence-electron chi connectivity index (χ3n) is 3.31. The summed E-state index contributed by atoms with van der Waals surface area (Å²) in [6, 6.07) is 8.89. The van der Waals surface area contributed by atoms with Crippen LogP contribution in [-0.4, -0.2) is 26.4 Å². The number of anilines is 1. The van der Waals surface area contributed by atoms with Crippen molar-refractivity contribution in [2.45, 2.75) is 18.6 Å². The van der Waals surface area contributed by atoms with Crippen LogP contribution < -0.4 is 5.32 Å². The molecule has 9 heteroatoms. The van der Waals surface area contributed by atoms with Crippen LogP contribution in [0, 0.1) is 0 Å². The van der Waals surface area contributed by atoms with Gasteiger partial charge in [-0.2, -0.15) is 0 Å². The van der Waals surface area contributed by atoms with Gasteiger partial charge in [-0.05, 0) is 53.2 Å². The van der Waals surface area contributed by atoms with Crippen molar-refractivity contribution in [3.63, 3.8) is 0 Å². The summed E-state index contributed by atoms with van der Waals surface area (Å²) in [6.45, 7) is 2.67. The molecule has 1 N–H and O–H groups in total. The molecular weight excluding hydrogens is 428 g/mol. The van der Waals surface area contributed by atoms with Crippen molar-refractivity contribution in [2.24, 2.45) is 0 Å². The van der Waals surface area contributed by atoms with E-state index in [0.717, 1.165) is 4.47 Å². The highest BCUT2D eigenvalue weighted by Crippen LogP contribution is 2.26. The maximum absolute atomic E-state index is 12.2. The molecule has 0 atom stereocenters. The van der Waals surface area contributed by atoms with E-state index in [4.69, 9.17) is 16.0 Å². The number of hydrogen-bond donors (Lipinski definition) is 1. The molecule has 0 saturated heterocycles. The standard InChI is InChI=1S/C16H14BrClN4O2S/c1-2-22-15(13-4-3-7-24-13)20-21-16(22)25-9-14(23)19-10-5-6-11(17)12(18)8-10/h3-8H,2,9H2,1H3,(H,19,23). The number of halogens is 2. The number of aromatic nitrogens is 3. The molecule has 25 heavy (non-hydrogen) atoms. The average molecular weight is 442 g/mol. The second kappa shape index (κ2) is 8.07. The molecule has 6 nitrogen and oxygen atoms in total. The Morgan fingerprint density at radius 2 is 2.24 bits per heavy atom. The average Bonchev–Trinajstić information content (AvgIpc) is 3.24. The SMILES string of the molecule is CCn1c(SCC(=O)Nc2ccc(Br)c(Cl)c2)nnc1-c1ccco1. The van der Waals surface area contributed by atoms with Crippen molar-refractivity contribution in [2.75, 3.05) is 11.1 Å². The van der Waals surface area contributed by atoms with Crippen molar-refractivity contribution in [1.82, 2.24) is 14.8 Å². The predicted molar refractivity (Wildman–Crippen MR) is 102 cm³/mol. The van der Waals surface area contributed by atoms with Crippen molar-refractivity contribution in [3.8, 4) is 11.6 Å². The Morgan fingerprint density at radius 3 is 2.92 bits per heavy atom. The zero-order valence-corrected chi connectivity index (χ0v) is 16.4. The van der Waals surface area contributed by atoms with E-state index in [1.165, 1.54) is 11.8 Å². The van der Waals surface area contributed by atoms with Gasteiger partial charge in [-0.1, -0.05) is 23.4 Å². The summed E-state index contributed by atoms with van der Waals surface area (Å²) in [6.07, 6.45) is 1.59. The molecule has 0 aliphatic carbocycles. The number of nitrogens with zero attached hydrogens (tertiary/aromatic N) is 3. The summed E-state index contributed by atoms with van der Waals surface area (Å²) in [7, 11) is 0. The molecule has 0 fully saturated rings. The Hall–Kier alpha value is -1.77. The normalized spacial score (nSPS) is 10.8. The molecule has 3 rings (SSSR count). The molecule has 1 aromatic carbocycles. The summed E-state index contributed by atoms with van der Waals surface area (Å²) >= 11 is 10.7. The fraction of sp³-hybridized carbons (Fsp3) is 0.188. The van der Waals surface area contributed by atoms with Gasteiger partial charge < -0.3 is 9.73 Å². The van der Waals surface area contributed by atoms with Gasteiger partial charge in [-0.3, -0.25) is 9.36 Å². The van der Waals surface area contributed by atoms with Crippen LogP contribution in [0.25, 0.3) is 11.6 Å². The lowest BCUT2D eigenvalue weighted by molar-refractivity contribution is -0.113. The molecular formula is C16H14BrClN4O2S. The minimum Gasteiger partial charge on any atom is -0.461 e. The first-order valence-electron chi connectivity index (χ1n) is 7.43. The molecule has 0 unspecified atom stereocenters. The monoisotopic (exact) mass is 440 g/mol. The van der Waals surface area contributed by atoms with Gasteiger partial charge in [-0.15, -0.1) is 10.2 Å². The number of carbonyl (C=O) groups is 1. The Morgan fingerprint density at radius 1 is 1.40 bits per heavy atom. The van der Waals surface area contributed by atoms with E-state index in [2.05, 4.69) is 31.4 Å². The molecule has 2 aromatic heterocycles. The topological polar surface area (TPSA) is 73.0 Å². The molecule has 0 bridgehead atoms. The lowest BCUT2D eigenvalue weighted by atomic mass is 10.3. The predicted octanol–water partition coefficient (Wildman–Crippen LogP) is 4.70. The zero-order valence-electron chi connectivity index (χ0n) is 13.2. The molecule has 3 aromatic rings. The van der Waals surface area contributed by atoms with Gasteiger partial charge in [0.1, 0.15) is 0 Å². The van der Waals surface area contributed by atoms with Gasteiger partial charge in [0.25, 0.3) is 0 Å². The summed E-state index contributed by atoms with van der Waals surface area (Å²) in [5.74, 6) is 1.36. The first-order chi connectivity index (χ1) is 12.1. The van der Waals surface area contributed by atoms with Crippen molar-refractivity contribution < 1.29 is 9.21 Å². The Labute approximate surface area is 162 Å². The molecule has 2 heterocycles. The quantitative estimate of drug-likeness (QED) is 0.561. The molecule has 0 radical (unpaired) electrons. The van der Waals surface area contributed by atoms with Crippen LogP contribution in [0.3, 0.4) is 0 Å². The number of benzene rings is 1. The fourth-order valence-corrected chi connectivity index (χ4v) is 3.40. The smallest absolute Gasteiger partial charge is 0.234 e. The number of nitrogens with one attached hydrogen (secondary N) is 1. The van der Waals surface area contributed by atoms with Crippen molar-refractivity contribution in [1.29, 1.82) is 0 Å². The fourth-order valence-electron chi connectivity index (χ4n) is 2.17. The van der Waals surface area contributed by atoms with Gasteiger partial charge in [0.05, 0.1) is 17.0 Å². The number of rotatable bonds is 6. The second-order valence-corrected chi connectivity index (χ2v) is 7.20. The summed E-state index contributed by atoms with van der Waals surface area (Å²) in [5.41, 5.74) is 0.645. The van der Waals surface area contributed by atoms with E-state index in [-0.39, 0.29) is 11.7 Å². The van der Waals surface area contributed by atoms with E-state index in [9.17, 15) is 4.79 Å². The van der Waals surface area contributed by atoms with Gasteiger partial charge in [0.2, 0.25) is 5.91 Å². The highest BCUT2D eigenvalue weighted by Gasteiger charge is 2.16. The molecule has 0 saturated carbocycles. The van der Waals surface area contributed by atoms with Crippen LogP contribution in [-0.2, 0) is 11.3 Å². The molecule has 1 amide bonds. The van der Waals surface area contributed by atoms with Gasteiger partial charge in [-0.25, -0.2) is 0 Å². The van der Waals surface area contributed by atoms with E-state index in [1.807, 2.05) is 17.6 Å². The van der Waals surface area contributed by atoms with Crippen molar-refractivity contribution in [3.05, 3.63) is 46.1 Å². The second-order valence-electron chi connectivity index (χ2n) is 4.99. The third kappa shape index (κ3) is 4.26. The molecule has 0 aliphatic rings. The van der Waals surface area contributed by atoms with Gasteiger partial charge >= 0.3 is 0 Å². The first kappa shape index (κ1) is 18.0. The van der Waals surface area contributed by atoms with Crippen LogP contribution in [0.15, 0.2) is 50.6 Å². The summed E-state index contributed by atoms with van der Waals surface area (Å²) < 4.78 is 8.06. The third-order valence-corrected chi connectivity index (χ3v) is 5.51. The van der Waals surface area contributed by atoms with Crippen molar-refractivity contribution >= 4 is 50.9 Å². The maximum atomic E-state index is 12.2. The first-order valence-corrected chi connectivity index (χ1v) is 9.59. The summed E-state index contributed by atoms with van der Waals surface area (Å²) in [4.78, 5) is 12.2. The van der Waals surface area contributed by atoms with E-state index >= 15 is 0 Å². The van der Waals surface area contributed by atoms with Gasteiger partial charge in [0, 0.05) is 16.7 Å². The molecule has 0 spiro atoms. The van der Waals surface area contributed by atoms with E-state index in [1.54, 1.807) is 30.5 Å². The Kier molecular flexibility index (Phi) is 5.82.